The Bertz CT molecular complexity index is 1500. The lowest BCUT2D eigenvalue weighted by molar-refractivity contribution is 0.813. The average molecular weight is 389 g/mol. The molecule has 7 nitrogen and oxygen atoms in total. The second-order valence-corrected chi connectivity index (χ2v) is 6.93. The molecule has 4 aromatic heterocycles. The maximum absolute atomic E-state index is 4.76. The van der Waals surface area contributed by atoms with Gasteiger partial charge in [-0.2, -0.15) is 5.10 Å². The number of hydrogen-bond acceptors (Lipinski definition) is 5. The second-order valence-electron chi connectivity index (χ2n) is 6.93. The third kappa shape index (κ3) is 2.64. The Kier molecular flexibility index (Phi) is 3.64. The van der Waals surface area contributed by atoms with Crippen molar-refractivity contribution in [2.75, 3.05) is 0 Å². The van der Waals surface area contributed by atoms with E-state index in [2.05, 4.69) is 32.4 Å². The van der Waals surface area contributed by atoms with E-state index in [1.807, 2.05) is 65.5 Å². The molecule has 142 valence electrons. The molecular formula is C23H15N7. The van der Waals surface area contributed by atoms with Gasteiger partial charge in [-0.1, -0.05) is 48.5 Å². The van der Waals surface area contributed by atoms with Crippen LogP contribution in [0.1, 0.15) is 0 Å². The first-order valence-electron chi connectivity index (χ1n) is 9.52. The van der Waals surface area contributed by atoms with Crippen molar-refractivity contribution >= 4 is 21.7 Å². The van der Waals surface area contributed by atoms with Crippen LogP contribution < -0.4 is 0 Å². The van der Waals surface area contributed by atoms with Crippen molar-refractivity contribution in [2.45, 2.75) is 0 Å². The summed E-state index contributed by atoms with van der Waals surface area (Å²) in [5, 5.41) is 16.5. The van der Waals surface area contributed by atoms with E-state index < -0.39 is 0 Å². The molecule has 0 saturated carbocycles. The molecule has 0 fully saturated rings. The summed E-state index contributed by atoms with van der Waals surface area (Å²) < 4.78 is 3.60. The zero-order valence-corrected chi connectivity index (χ0v) is 15.8. The fraction of sp³-hybridized carbons (Fsp3) is 0. The molecule has 0 N–H and O–H groups in total. The number of aromatic nitrogens is 7. The summed E-state index contributed by atoms with van der Waals surface area (Å²) in [6, 6.07) is 20.2. The number of benzene rings is 2. The Labute approximate surface area is 171 Å². The lowest BCUT2D eigenvalue weighted by Crippen LogP contribution is -2.05. The summed E-state index contributed by atoms with van der Waals surface area (Å²) in [4.78, 5) is 8.88. The molecule has 30 heavy (non-hydrogen) atoms. The highest BCUT2D eigenvalue weighted by Crippen LogP contribution is 2.26. The molecule has 6 aromatic rings. The molecule has 0 amide bonds. The molecule has 0 aliphatic rings. The van der Waals surface area contributed by atoms with Crippen LogP contribution in [-0.4, -0.2) is 34.5 Å². The number of imidazole rings is 1. The highest BCUT2D eigenvalue weighted by Gasteiger charge is 2.13. The van der Waals surface area contributed by atoms with E-state index in [9.17, 15) is 0 Å². The minimum Gasteiger partial charge on any atom is -0.288 e. The fourth-order valence-corrected chi connectivity index (χ4v) is 3.62. The third-order valence-corrected chi connectivity index (χ3v) is 5.09. The lowest BCUT2D eigenvalue weighted by Gasteiger charge is -2.09. The monoisotopic (exact) mass is 389 g/mol. The molecule has 0 aliphatic carbocycles. The Morgan fingerprint density at radius 2 is 1.57 bits per heavy atom. The molecule has 0 unspecified atom stereocenters. The van der Waals surface area contributed by atoms with E-state index in [1.165, 1.54) is 0 Å². The molecule has 2 aromatic carbocycles. The molecule has 0 aliphatic heterocycles. The summed E-state index contributed by atoms with van der Waals surface area (Å²) in [5.41, 5.74) is 2.75. The van der Waals surface area contributed by atoms with E-state index in [-0.39, 0.29) is 0 Å². The van der Waals surface area contributed by atoms with Gasteiger partial charge in [0.05, 0.1) is 17.4 Å². The van der Waals surface area contributed by atoms with Gasteiger partial charge in [-0.05, 0) is 12.1 Å². The van der Waals surface area contributed by atoms with Crippen molar-refractivity contribution in [3.8, 4) is 22.9 Å². The van der Waals surface area contributed by atoms with Gasteiger partial charge in [-0.3, -0.25) is 4.57 Å². The van der Waals surface area contributed by atoms with Crippen LogP contribution in [0.2, 0.25) is 0 Å². The maximum Gasteiger partial charge on any atom is 0.183 e. The predicted molar refractivity (Wildman–Crippen MR) is 115 cm³/mol. The van der Waals surface area contributed by atoms with Gasteiger partial charge in [0.1, 0.15) is 6.33 Å². The summed E-state index contributed by atoms with van der Waals surface area (Å²) >= 11 is 0. The van der Waals surface area contributed by atoms with E-state index >= 15 is 0 Å². The molecule has 0 bridgehead atoms. The van der Waals surface area contributed by atoms with Crippen LogP contribution in [0.25, 0.3) is 44.6 Å². The highest BCUT2D eigenvalue weighted by atomic mass is 15.3. The smallest absolute Gasteiger partial charge is 0.183 e. The van der Waals surface area contributed by atoms with Gasteiger partial charge in [-0.25, -0.2) is 14.6 Å². The second kappa shape index (κ2) is 6.59. The predicted octanol–water partition coefficient (Wildman–Crippen LogP) is 4.22. The molecule has 7 heteroatoms. The van der Waals surface area contributed by atoms with Crippen LogP contribution in [0, 0.1) is 0 Å². The number of para-hydroxylation sites is 1. The summed E-state index contributed by atoms with van der Waals surface area (Å²) in [5.74, 6) is 1.40. The molecular weight excluding hydrogens is 374 g/mol. The van der Waals surface area contributed by atoms with Crippen LogP contribution in [-0.2, 0) is 0 Å². The third-order valence-electron chi connectivity index (χ3n) is 5.09. The molecule has 0 spiro atoms. The fourth-order valence-electron chi connectivity index (χ4n) is 3.62. The van der Waals surface area contributed by atoms with Crippen molar-refractivity contribution in [3.05, 3.63) is 91.8 Å². The van der Waals surface area contributed by atoms with Crippen LogP contribution in [0.5, 0.6) is 0 Å². The Morgan fingerprint density at radius 3 is 2.43 bits per heavy atom. The first-order valence-corrected chi connectivity index (χ1v) is 9.52. The Hall–Kier alpha value is -4.39. The standard InChI is InChI=1S/C23H15N7/c1-4-8-20-16(5-1)9-10-21(26-20)17-13-25-30(14-17)23-19-7-3-2-6-18(19)22(27-28-23)29-12-11-24-15-29/h1-15H. The maximum atomic E-state index is 4.76. The summed E-state index contributed by atoms with van der Waals surface area (Å²) in [6.07, 6.45) is 9.03. The zero-order valence-electron chi connectivity index (χ0n) is 15.8. The van der Waals surface area contributed by atoms with Gasteiger partial charge in [0.25, 0.3) is 0 Å². The van der Waals surface area contributed by atoms with E-state index in [0.29, 0.717) is 5.82 Å². The molecule has 0 radical (unpaired) electrons. The normalized spacial score (nSPS) is 11.3. The van der Waals surface area contributed by atoms with Gasteiger partial charge in [-0.15, -0.1) is 10.2 Å². The number of rotatable bonds is 3. The van der Waals surface area contributed by atoms with E-state index in [4.69, 9.17) is 4.98 Å². The van der Waals surface area contributed by atoms with Crippen LogP contribution >= 0.6 is 0 Å². The van der Waals surface area contributed by atoms with Crippen LogP contribution in [0.15, 0.2) is 91.8 Å². The van der Waals surface area contributed by atoms with Crippen molar-refractivity contribution in [1.29, 1.82) is 0 Å². The molecule has 6 rings (SSSR count). The largest absolute Gasteiger partial charge is 0.288 e. The Morgan fingerprint density at radius 1 is 0.767 bits per heavy atom. The number of nitrogens with zero attached hydrogens (tertiary/aromatic N) is 7. The first kappa shape index (κ1) is 16.6. The average Bonchev–Trinajstić information content (AvgIpc) is 3.51. The Balaban J connectivity index is 1.47. The van der Waals surface area contributed by atoms with E-state index in [0.717, 1.165) is 38.8 Å². The lowest BCUT2D eigenvalue weighted by atomic mass is 10.1. The van der Waals surface area contributed by atoms with Crippen molar-refractivity contribution in [2.24, 2.45) is 0 Å². The molecule has 4 heterocycles. The molecule has 0 atom stereocenters. The summed E-state index contributed by atoms with van der Waals surface area (Å²) in [7, 11) is 0. The minimum absolute atomic E-state index is 0.668. The SMILES string of the molecule is c1ccc2nc(-c3cnn(-c4nnc(-n5ccnc5)c5ccccc45)c3)ccc2c1. The first-order chi connectivity index (χ1) is 14.9. The number of fused-ring (bicyclic) bond motifs is 2. The van der Waals surface area contributed by atoms with Crippen molar-refractivity contribution < 1.29 is 0 Å². The zero-order chi connectivity index (χ0) is 19.9. The number of pyridine rings is 1. The minimum atomic E-state index is 0.668. The van der Waals surface area contributed by atoms with E-state index in [1.54, 1.807) is 23.4 Å². The van der Waals surface area contributed by atoms with Gasteiger partial charge >= 0.3 is 0 Å². The quantitative estimate of drug-likeness (QED) is 0.453. The van der Waals surface area contributed by atoms with Crippen LogP contribution in [0.3, 0.4) is 0 Å². The summed E-state index contributed by atoms with van der Waals surface area (Å²) in [6.45, 7) is 0. The number of hydrogen-bond donors (Lipinski definition) is 0. The van der Waals surface area contributed by atoms with Crippen LogP contribution in [0.4, 0.5) is 0 Å². The van der Waals surface area contributed by atoms with Gasteiger partial charge in [0.2, 0.25) is 0 Å². The molecule has 0 saturated heterocycles. The van der Waals surface area contributed by atoms with Gasteiger partial charge in [0, 0.05) is 40.3 Å². The van der Waals surface area contributed by atoms with Gasteiger partial charge < -0.3 is 0 Å². The van der Waals surface area contributed by atoms with Crippen molar-refractivity contribution in [1.82, 2.24) is 34.5 Å². The van der Waals surface area contributed by atoms with Crippen molar-refractivity contribution in [3.63, 3.8) is 0 Å². The highest BCUT2D eigenvalue weighted by molar-refractivity contribution is 5.93. The van der Waals surface area contributed by atoms with Gasteiger partial charge in [0.15, 0.2) is 11.6 Å². The topological polar surface area (TPSA) is 74.3 Å².